The Morgan fingerprint density at radius 2 is 2.14 bits per heavy atom. The minimum absolute atomic E-state index is 0.124. The zero-order valence-corrected chi connectivity index (χ0v) is 12.0. The summed E-state index contributed by atoms with van der Waals surface area (Å²) < 4.78 is 11.0. The van der Waals surface area contributed by atoms with Crippen LogP contribution in [0.5, 0.6) is 11.5 Å². The fourth-order valence-corrected chi connectivity index (χ4v) is 1.89. The Labute approximate surface area is 122 Å². The minimum atomic E-state index is -0.472. The molecular weight excluding hydrogens is 274 g/mol. The van der Waals surface area contributed by atoms with E-state index in [1.54, 1.807) is 18.5 Å². The van der Waals surface area contributed by atoms with Crippen molar-refractivity contribution in [3.05, 3.63) is 34.6 Å². The lowest BCUT2D eigenvalue weighted by Gasteiger charge is -2.13. The molecule has 1 N–H and O–H groups in total. The van der Waals surface area contributed by atoms with Gasteiger partial charge in [0.1, 0.15) is 5.82 Å². The molecule has 0 unspecified atom stereocenters. The van der Waals surface area contributed by atoms with Gasteiger partial charge in [0.15, 0.2) is 5.75 Å². The van der Waals surface area contributed by atoms with E-state index in [4.69, 9.17) is 9.47 Å². The highest BCUT2D eigenvalue weighted by atomic mass is 16.6. The number of H-pyrrole nitrogens is 1. The molecule has 0 saturated carbocycles. The number of aromatic amines is 1. The molecule has 2 rings (SSSR count). The van der Waals surface area contributed by atoms with E-state index < -0.39 is 4.92 Å². The van der Waals surface area contributed by atoms with Gasteiger partial charge in [-0.1, -0.05) is 6.92 Å². The molecule has 0 spiro atoms. The number of hydrogen-bond acceptors (Lipinski definition) is 5. The van der Waals surface area contributed by atoms with E-state index in [0.717, 1.165) is 6.42 Å². The largest absolute Gasteiger partial charge is 0.490 e. The molecule has 0 amide bonds. The van der Waals surface area contributed by atoms with Crippen molar-refractivity contribution in [1.29, 1.82) is 0 Å². The van der Waals surface area contributed by atoms with Crippen LogP contribution >= 0.6 is 0 Å². The van der Waals surface area contributed by atoms with E-state index in [2.05, 4.69) is 9.97 Å². The van der Waals surface area contributed by atoms with Gasteiger partial charge in [-0.25, -0.2) is 4.98 Å². The summed E-state index contributed by atoms with van der Waals surface area (Å²) in [4.78, 5) is 17.9. The number of aromatic nitrogens is 2. The maximum absolute atomic E-state index is 11.3. The highest BCUT2D eigenvalue weighted by Gasteiger charge is 2.23. The SMILES string of the molecule is CCCOc1c(OCC)cc(-c2ncc[nH]2)cc1[N+](=O)[O-]. The maximum atomic E-state index is 11.3. The standard InChI is InChI=1S/C14H17N3O4/c1-3-7-21-13-11(17(18)19)8-10(9-12(13)20-4-2)14-15-5-6-16-14/h5-6,8-9H,3-4,7H2,1-2H3,(H,15,16). The van der Waals surface area contributed by atoms with Crippen LogP contribution in [0.3, 0.4) is 0 Å². The Morgan fingerprint density at radius 3 is 2.71 bits per heavy atom. The smallest absolute Gasteiger partial charge is 0.315 e. The summed E-state index contributed by atoms with van der Waals surface area (Å²) in [6.07, 6.45) is 3.99. The van der Waals surface area contributed by atoms with Crippen molar-refractivity contribution in [2.45, 2.75) is 20.3 Å². The van der Waals surface area contributed by atoms with Crippen LogP contribution in [0.2, 0.25) is 0 Å². The van der Waals surface area contributed by atoms with E-state index in [9.17, 15) is 10.1 Å². The highest BCUT2D eigenvalue weighted by Crippen LogP contribution is 2.40. The molecule has 1 aromatic heterocycles. The molecule has 1 heterocycles. The Kier molecular flexibility index (Phi) is 4.76. The zero-order chi connectivity index (χ0) is 15.2. The number of imidazole rings is 1. The second-order valence-electron chi connectivity index (χ2n) is 4.30. The first-order valence-electron chi connectivity index (χ1n) is 6.75. The first-order valence-corrected chi connectivity index (χ1v) is 6.75. The number of ether oxygens (including phenoxy) is 2. The molecule has 0 saturated heterocycles. The van der Waals surface area contributed by atoms with Crippen LogP contribution in [0.4, 0.5) is 5.69 Å². The van der Waals surface area contributed by atoms with Crippen LogP contribution in [-0.4, -0.2) is 28.1 Å². The lowest BCUT2D eigenvalue weighted by molar-refractivity contribution is -0.385. The van der Waals surface area contributed by atoms with Crippen molar-refractivity contribution in [2.24, 2.45) is 0 Å². The molecule has 0 aliphatic heterocycles. The molecule has 112 valence electrons. The molecule has 0 radical (unpaired) electrons. The number of nitrogens with zero attached hydrogens (tertiary/aromatic N) is 2. The molecule has 0 atom stereocenters. The molecule has 0 bridgehead atoms. The molecule has 21 heavy (non-hydrogen) atoms. The highest BCUT2D eigenvalue weighted by molar-refractivity contribution is 5.69. The average Bonchev–Trinajstić information content (AvgIpc) is 2.99. The Morgan fingerprint density at radius 1 is 1.33 bits per heavy atom. The number of benzene rings is 1. The van der Waals surface area contributed by atoms with Gasteiger partial charge in [0.05, 0.1) is 18.1 Å². The summed E-state index contributed by atoms with van der Waals surface area (Å²) in [5.41, 5.74) is 0.458. The molecule has 7 nitrogen and oxygen atoms in total. The maximum Gasteiger partial charge on any atom is 0.315 e. The van der Waals surface area contributed by atoms with Gasteiger partial charge < -0.3 is 14.5 Å². The third-order valence-corrected chi connectivity index (χ3v) is 2.75. The van der Waals surface area contributed by atoms with E-state index in [1.807, 2.05) is 13.8 Å². The number of nitro benzene ring substituents is 1. The van der Waals surface area contributed by atoms with Gasteiger partial charge in [0, 0.05) is 24.0 Å². The number of nitrogens with one attached hydrogen (secondary N) is 1. The van der Waals surface area contributed by atoms with Crippen molar-refractivity contribution < 1.29 is 14.4 Å². The topological polar surface area (TPSA) is 90.3 Å². The number of nitro groups is 1. The number of hydrogen-bond donors (Lipinski definition) is 1. The van der Waals surface area contributed by atoms with E-state index in [0.29, 0.717) is 30.4 Å². The van der Waals surface area contributed by atoms with Crippen molar-refractivity contribution >= 4 is 5.69 Å². The van der Waals surface area contributed by atoms with Crippen LogP contribution in [0, 0.1) is 10.1 Å². The van der Waals surface area contributed by atoms with Gasteiger partial charge in [-0.15, -0.1) is 0 Å². The lowest BCUT2D eigenvalue weighted by atomic mass is 10.1. The summed E-state index contributed by atoms with van der Waals surface area (Å²) >= 11 is 0. The lowest BCUT2D eigenvalue weighted by Crippen LogP contribution is -2.04. The normalized spacial score (nSPS) is 10.4. The van der Waals surface area contributed by atoms with Gasteiger partial charge in [-0.05, 0) is 19.4 Å². The van der Waals surface area contributed by atoms with Crippen LogP contribution in [0.15, 0.2) is 24.5 Å². The molecule has 0 fully saturated rings. The number of rotatable bonds is 7. The predicted octanol–water partition coefficient (Wildman–Crippen LogP) is 3.17. The quantitative estimate of drug-likeness (QED) is 0.625. The van der Waals surface area contributed by atoms with Crippen molar-refractivity contribution in [2.75, 3.05) is 13.2 Å². The summed E-state index contributed by atoms with van der Waals surface area (Å²) in [5.74, 6) is 1.06. The molecule has 2 aromatic rings. The van der Waals surface area contributed by atoms with Gasteiger partial charge >= 0.3 is 5.69 Å². The van der Waals surface area contributed by atoms with E-state index in [1.165, 1.54) is 6.07 Å². The monoisotopic (exact) mass is 291 g/mol. The summed E-state index contributed by atoms with van der Waals surface area (Å²) in [7, 11) is 0. The second-order valence-corrected chi connectivity index (χ2v) is 4.30. The molecule has 7 heteroatoms. The molecular formula is C14H17N3O4. The Hall–Kier alpha value is -2.57. The third-order valence-electron chi connectivity index (χ3n) is 2.75. The van der Waals surface area contributed by atoms with E-state index >= 15 is 0 Å². The summed E-state index contributed by atoms with van der Waals surface area (Å²) in [5, 5.41) is 11.3. The first-order chi connectivity index (χ1) is 10.2. The first kappa shape index (κ1) is 14.8. The van der Waals surface area contributed by atoms with Crippen molar-refractivity contribution in [3.63, 3.8) is 0 Å². The van der Waals surface area contributed by atoms with E-state index in [-0.39, 0.29) is 11.4 Å². The average molecular weight is 291 g/mol. The van der Waals surface area contributed by atoms with Crippen molar-refractivity contribution in [3.8, 4) is 22.9 Å². The van der Waals surface area contributed by atoms with Gasteiger partial charge in [-0.3, -0.25) is 10.1 Å². The summed E-state index contributed by atoms with van der Waals surface area (Å²) in [6, 6.07) is 3.13. The predicted molar refractivity (Wildman–Crippen MR) is 77.6 cm³/mol. The second kappa shape index (κ2) is 6.74. The third kappa shape index (κ3) is 3.31. The Balaban J connectivity index is 2.54. The fraction of sp³-hybridized carbons (Fsp3) is 0.357. The van der Waals surface area contributed by atoms with Crippen LogP contribution < -0.4 is 9.47 Å². The minimum Gasteiger partial charge on any atom is -0.490 e. The Bertz CT molecular complexity index is 611. The van der Waals surface area contributed by atoms with Crippen LogP contribution in [0.25, 0.3) is 11.4 Å². The van der Waals surface area contributed by atoms with Gasteiger partial charge in [-0.2, -0.15) is 0 Å². The zero-order valence-electron chi connectivity index (χ0n) is 12.0. The molecule has 0 aliphatic carbocycles. The molecule has 0 aliphatic rings. The van der Waals surface area contributed by atoms with Crippen LogP contribution in [0.1, 0.15) is 20.3 Å². The van der Waals surface area contributed by atoms with Crippen LogP contribution in [-0.2, 0) is 0 Å². The molecule has 1 aromatic carbocycles. The fourth-order valence-electron chi connectivity index (χ4n) is 1.89. The van der Waals surface area contributed by atoms with Gasteiger partial charge in [0.2, 0.25) is 5.75 Å². The van der Waals surface area contributed by atoms with Crippen molar-refractivity contribution in [1.82, 2.24) is 9.97 Å². The summed E-state index contributed by atoms with van der Waals surface area (Å²) in [6.45, 7) is 4.53. The van der Waals surface area contributed by atoms with Gasteiger partial charge in [0.25, 0.3) is 0 Å².